The van der Waals surface area contributed by atoms with Crippen LogP contribution in [0.5, 0.6) is 17.2 Å². The summed E-state index contributed by atoms with van der Waals surface area (Å²) in [5.41, 5.74) is -1.54. The van der Waals surface area contributed by atoms with Gasteiger partial charge in [0.1, 0.15) is 11.2 Å². The first-order chi connectivity index (χ1) is 11.9. The Morgan fingerprint density at radius 3 is 1.37 bits per heavy atom. The van der Waals surface area contributed by atoms with E-state index in [2.05, 4.69) is 13.8 Å². The van der Waals surface area contributed by atoms with Crippen LogP contribution in [-0.4, -0.2) is 26.5 Å². The molecule has 6 heteroatoms. The lowest BCUT2D eigenvalue weighted by molar-refractivity contribution is -0.0291. The second-order valence-corrected chi connectivity index (χ2v) is 10.5. The average molecular weight is 379 g/mol. The van der Waals surface area contributed by atoms with E-state index in [0.717, 1.165) is 5.23 Å². The minimum atomic E-state index is -0.700. The van der Waals surface area contributed by atoms with Gasteiger partial charge >= 0.3 is 0 Å². The van der Waals surface area contributed by atoms with Gasteiger partial charge in [0.05, 0.1) is 0 Å². The zero-order valence-corrected chi connectivity index (χ0v) is 18.1. The maximum atomic E-state index is 11.2. The zero-order chi connectivity index (χ0) is 21.0. The van der Waals surface area contributed by atoms with Crippen LogP contribution in [0.4, 0.5) is 5.69 Å². The van der Waals surface area contributed by atoms with Gasteiger partial charge in [-0.3, -0.25) is 0 Å². The second-order valence-electron chi connectivity index (χ2n) is 10.5. The van der Waals surface area contributed by atoms with E-state index in [9.17, 15) is 15.3 Å². The van der Waals surface area contributed by atoms with Crippen LogP contribution in [0.1, 0.15) is 80.4 Å². The Kier molecular flexibility index (Phi) is 3.74. The molecule has 1 heterocycles. The van der Waals surface area contributed by atoms with Gasteiger partial charge in [0, 0.05) is 11.1 Å². The first-order valence-electron chi connectivity index (χ1n) is 9.42. The van der Waals surface area contributed by atoms with E-state index in [1.807, 2.05) is 55.4 Å². The highest BCUT2D eigenvalue weighted by Gasteiger charge is 2.61. The molecule has 0 radical (unpaired) electrons. The van der Waals surface area contributed by atoms with E-state index < -0.39 is 27.8 Å². The Labute approximate surface area is 161 Å². The number of hydrogen-bond acceptors (Lipinski definition) is 6. The number of phenols is 3. The van der Waals surface area contributed by atoms with Gasteiger partial charge in [0.25, 0.3) is 0 Å². The molecule has 1 fully saturated rings. The minimum Gasteiger partial charge on any atom is -0.505 e. The van der Waals surface area contributed by atoms with Gasteiger partial charge in [-0.2, -0.15) is 0 Å². The summed E-state index contributed by atoms with van der Waals surface area (Å²) < 4.78 is 0. The summed E-state index contributed by atoms with van der Waals surface area (Å²) in [7, 11) is 0. The van der Waals surface area contributed by atoms with Crippen LogP contribution < -0.4 is 5.23 Å². The van der Waals surface area contributed by atoms with Crippen molar-refractivity contribution in [1.29, 1.82) is 0 Å². The smallest absolute Gasteiger partial charge is 0.190 e. The summed E-state index contributed by atoms with van der Waals surface area (Å²) in [5.74, 6) is -0.810. The molecule has 1 aromatic carbocycles. The maximum Gasteiger partial charge on any atom is 0.190 e. The van der Waals surface area contributed by atoms with Crippen LogP contribution in [0.25, 0.3) is 0 Å². The molecule has 2 aliphatic rings. The molecule has 0 amide bonds. The van der Waals surface area contributed by atoms with E-state index in [1.54, 1.807) is 0 Å². The topological polar surface area (TPSA) is 82.4 Å². The summed E-state index contributed by atoms with van der Waals surface area (Å²) >= 11 is 0. The molecule has 1 aromatic rings. The van der Waals surface area contributed by atoms with Crippen LogP contribution in [0.15, 0.2) is 0 Å². The van der Waals surface area contributed by atoms with Crippen molar-refractivity contribution in [3.05, 3.63) is 11.1 Å². The third-order valence-electron chi connectivity index (χ3n) is 8.03. The van der Waals surface area contributed by atoms with Crippen LogP contribution in [0.3, 0.4) is 0 Å². The van der Waals surface area contributed by atoms with Crippen molar-refractivity contribution < 1.29 is 25.0 Å². The summed E-state index contributed by atoms with van der Waals surface area (Å²) in [4.78, 5) is 11.8. The number of anilines is 1. The maximum absolute atomic E-state index is 11.2. The zero-order valence-electron chi connectivity index (χ0n) is 18.1. The number of phenolic OH excluding ortho intramolecular Hbond substituents is 3. The van der Waals surface area contributed by atoms with E-state index in [-0.39, 0.29) is 22.6 Å². The van der Waals surface area contributed by atoms with E-state index in [0.29, 0.717) is 11.1 Å². The third-order valence-corrected chi connectivity index (χ3v) is 8.03. The van der Waals surface area contributed by atoms with E-state index >= 15 is 0 Å². The molecule has 1 saturated heterocycles. The fraction of sp³-hybridized carbons (Fsp3) is 0.714. The van der Waals surface area contributed by atoms with Crippen molar-refractivity contribution in [2.24, 2.45) is 5.41 Å². The fourth-order valence-electron chi connectivity index (χ4n) is 4.24. The first-order valence-corrected chi connectivity index (χ1v) is 9.42. The summed E-state index contributed by atoms with van der Waals surface area (Å²) in [6, 6.07) is 0. The molecular formula is C21H33NO5. The molecule has 0 atom stereocenters. The van der Waals surface area contributed by atoms with Crippen molar-refractivity contribution in [1.82, 2.24) is 0 Å². The predicted octanol–water partition coefficient (Wildman–Crippen LogP) is 4.64. The van der Waals surface area contributed by atoms with Crippen molar-refractivity contribution in [2.45, 2.75) is 91.3 Å². The Balaban J connectivity index is 2.31. The summed E-state index contributed by atoms with van der Waals surface area (Å²) in [6.45, 7) is 19.8. The SMILES string of the molecule is CC1(C)ON(c2c(O)c(O)c3c(c2O)C(C)(C)C(C)(C)C3(C)C)OC1(C)C. The molecule has 1 aliphatic heterocycles. The van der Waals surface area contributed by atoms with Gasteiger partial charge in [0.2, 0.25) is 0 Å². The van der Waals surface area contributed by atoms with Crippen molar-refractivity contribution in [3.63, 3.8) is 0 Å². The van der Waals surface area contributed by atoms with Crippen molar-refractivity contribution in [3.8, 4) is 17.2 Å². The van der Waals surface area contributed by atoms with Gasteiger partial charge in [-0.1, -0.05) is 41.5 Å². The Morgan fingerprint density at radius 1 is 0.593 bits per heavy atom. The third kappa shape index (κ3) is 2.14. The van der Waals surface area contributed by atoms with Gasteiger partial charge in [0.15, 0.2) is 22.9 Å². The van der Waals surface area contributed by atoms with Crippen molar-refractivity contribution in [2.75, 3.05) is 5.23 Å². The number of rotatable bonds is 1. The van der Waals surface area contributed by atoms with Gasteiger partial charge in [-0.05, 0) is 43.9 Å². The molecule has 0 aromatic heterocycles. The first kappa shape index (κ1) is 20.1. The highest BCUT2D eigenvalue weighted by atomic mass is 17.0. The number of fused-ring (bicyclic) bond motifs is 1. The van der Waals surface area contributed by atoms with Crippen LogP contribution in [-0.2, 0) is 20.5 Å². The lowest BCUT2D eigenvalue weighted by Gasteiger charge is -2.44. The largest absolute Gasteiger partial charge is 0.505 e. The molecule has 1 aliphatic carbocycles. The summed E-state index contributed by atoms with van der Waals surface area (Å²) in [5, 5.41) is 34.0. The lowest BCUT2D eigenvalue weighted by atomic mass is 9.59. The second kappa shape index (κ2) is 5.03. The van der Waals surface area contributed by atoms with Crippen LogP contribution in [0, 0.1) is 5.41 Å². The molecular weight excluding hydrogens is 346 g/mol. The fourth-order valence-corrected chi connectivity index (χ4v) is 4.24. The molecule has 152 valence electrons. The standard InChI is InChI=1S/C21H33NO5/c1-17(2)11-12(18(3,4)19(17,5)6)15(24)16(25)13(14(11)23)22-26-20(7,8)21(9,10)27-22/h23-25H,1-10H3. The predicted molar refractivity (Wildman–Crippen MR) is 104 cm³/mol. The van der Waals surface area contributed by atoms with E-state index in [4.69, 9.17) is 9.68 Å². The monoisotopic (exact) mass is 379 g/mol. The van der Waals surface area contributed by atoms with Crippen LogP contribution in [0.2, 0.25) is 0 Å². The lowest BCUT2D eigenvalue weighted by Crippen LogP contribution is -2.42. The normalized spacial score (nSPS) is 26.2. The highest BCUT2D eigenvalue weighted by Crippen LogP contribution is 2.68. The molecule has 0 bridgehead atoms. The minimum absolute atomic E-state index is 0.0634. The molecule has 3 rings (SSSR count). The quantitative estimate of drug-likeness (QED) is 0.487. The highest BCUT2D eigenvalue weighted by molar-refractivity contribution is 5.79. The molecule has 6 nitrogen and oxygen atoms in total. The number of hydrogen-bond donors (Lipinski definition) is 3. The molecule has 3 N–H and O–H groups in total. The molecule has 27 heavy (non-hydrogen) atoms. The average Bonchev–Trinajstić information content (AvgIpc) is 2.75. The number of benzene rings is 1. The molecule has 0 unspecified atom stereocenters. The van der Waals surface area contributed by atoms with Gasteiger partial charge in [-0.15, -0.1) is 5.23 Å². The van der Waals surface area contributed by atoms with E-state index in [1.165, 1.54) is 0 Å². The Morgan fingerprint density at radius 2 is 0.963 bits per heavy atom. The van der Waals surface area contributed by atoms with Crippen LogP contribution >= 0.6 is 0 Å². The van der Waals surface area contributed by atoms with Gasteiger partial charge in [-0.25, -0.2) is 9.68 Å². The van der Waals surface area contributed by atoms with Crippen molar-refractivity contribution >= 4 is 5.69 Å². The summed E-state index contributed by atoms with van der Waals surface area (Å²) in [6.07, 6.45) is 0. The molecule has 0 spiro atoms. The number of aromatic hydroxyl groups is 3. The molecule has 0 saturated carbocycles. The van der Waals surface area contributed by atoms with Gasteiger partial charge < -0.3 is 15.3 Å². The number of nitrogens with zero attached hydrogens (tertiary/aromatic N) is 1. The Bertz CT molecular complexity index is 805. The Hall–Kier alpha value is -1.66.